The van der Waals surface area contributed by atoms with Gasteiger partial charge in [0.2, 0.25) is 5.89 Å². The minimum absolute atomic E-state index is 0.498. The van der Waals surface area contributed by atoms with E-state index in [1.807, 2.05) is 67.6 Å². The quantitative estimate of drug-likeness (QED) is 0.447. The fourth-order valence-electron chi connectivity index (χ4n) is 2.61. The highest BCUT2D eigenvalue weighted by Gasteiger charge is 2.11. The number of carbonyl (C=O) groups is 1. The van der Waals surface area contributed by atoms with Crippen molar-refractivity contribution in [3.8, 4) is 17.2 Å². The predicted octanol–water partition coefficient (Wildman–Crippen LogP) is 4.93. The number of aryl methyl sites for hydroxylation is 1. The molecule has 0 spiro atoms. The van der Waals surface area contributed by atoms with Gasteiger partial charge in [-0.3, -0.25) is 0 Å². The molecule has 0 unspecified atom stereocenters. The SMILES string of the molecule is Cc1oc(-c2ccccc2)nc1CCOc1ccc(/C=C/C=C/C(=O)O)cc1. The second-order valence-corrected chi connectivity index (χ2v) is 6.11. The Morgan fingerprint density at radius 2 is 1.86 bits per heavy atom. The summed E-state index contributed by atoms with van der Waals surface area (Å²) in [5, 5.41) is 8.54. The number of allylic oxidation sites excluding steroid dienone is 2. The van der Waals surface area contributed by atoms with Crippen LogP contribution in [0.3, 0.4) is 0 Å². The van der Waals surface area contributed by atoms with Gasteiger partial charge >= 0.3 is 5.97 Å². The summed E-state index contributed by atoms with van der Waals surface area (Å²) >= 11 is 0. The van der Waals surface area contributed by atoms with Gasteiger partial charge in [0.25, 0.3) is 0 Å². The van der Waals surface area contributed by atoms with Crippen LogP contribution in [0, 0.1) is 6.92 Å². The molecule has 28 heavy (non-hydrogen) atoms. The summed E-state index contributed by atoms with van der Waals surface area (Å²) < 4.78 is 11.6. The van der Waals surface area contributed by atoms with Crippen molar-refractivity contribution in [3.05, 3.63) is 89.8 Å². The van der Waals surface area contributed by atoms with Crippen molar-refractivity contribution in [1.29, 1.82) is 0 Å². The molecule has 0 saturated heterocycles. The number of rotatable bonds is 8. The topological polar surface area (TPSA) is 72.6 Å². The molecule has 1 aromatic heterocycles. The molecule has 5 nitrogen and oxygen atoms in total. The largest absolute Gasteiger partial charge is 0.493 e. The fraction of sp³-hybridized carbons (Fsp3) is 0.130. The molecule has 0 amide bonds. The van der Waals surface area contributed by atoms with Crippen molar-refractivity contribution < 1.29 is 19.1 Å². The molecule has 0 saturated carbocycles. The maximum absolute atomic E-state index is 10.4. The Labute approximate surface area is 163 Å². The van der Waals surface area contributed by atoms with E-state index in [0.29, 0.717) is 18.9 Å². The number of carboxylic acids is 1. The molecule has 5 heteroatoms. The van der Waals surface area contributed by atoms with E-state index in [0.717, 1.165) is 34.4 Å². The molecule has 3 rings (SSSR count). The summed E-state index contributed by atoms with van der Waals surface area (Å²) in [7, 11) is 0. The predicted molar refractivity (Wildman–Crippen MR) is 108 cm³/mol. The van der Waals surface area contributed by atoms with Crippen molar-refractivity contribution in [2.24, 2.45) is 0 Å². The molecular weight excluding hydrogens is 354 g/mol. The standard InChI is InChI=1S/C23H21NO4/c1-17-21(24-23(28-17)19-8-3-2-4-9-19)15-16-27-20-13-11-18(12-14-20)7-5-6-10-22(25)26/h2-14H,15-16H2,1H3,(H,25,26)/b7-5+,10-6+. The number of carboxylic acid groups (broad SMARTS) is 1. The van der Waals surface area contributed by atoms with Crippen LogP contribution in [0.5, 0.6) is 5.75 Å². The van der Waals surface area contributed by atoms with Crippen LogP contribution in [0.2, 0.25) is 0 Å². The highest BCUT2D eigenvalue weighted by Crippen LogP contribution is 2.22. The Bertz CT molecular complexity index is 970. The number of aromatic nitrogens is 1. The van der Waals surface area contributed by atoms with Gasteiger partial charge < -0.3 is 14.3 Å². The summed E-state index contributed by atoms with van der Waals surface area (Å²) in [4.78, 5) is 15.0. The average molecular weight is 375 g/mol. The molecule has 142 valence electrons. The highest BCUT2D eigenvalue weighted by molar-refractivity contribution is 5.80. The first-order chi connectivity index (χ1) is 13.6. The lowest BCUT2D eigenvalue weighted by Crippen LogP contribution is -2.02. The molecule has 0 aliphatic carbocycles. The van der Waals surface area contributed by atoms with Gasteiger partial charge in [0, 0.05) is 18.1 Å². The molecule has 1 heterocycles. The van der Waals surface area contributed by atoms with Crippen molar-refractivity contribution >= 4 is 12.0 Å². The van der Waals surface area contributed by atoms with Crippen molar-refractivity contribution in [2.45, 2.75) is 13.3 Å². The lowest BCUT2D eigenvalue weighted by Gasteiger charge is -2.05. The monoisotopic (exact) mass is 375 g/mol. The Morgan fingerprint density at radius 3 is 2.57 bits per heavy atom. The Kier molecular flexibility index (Phi) is 6.41. The zero-order chi connectivity index (χ0) is 19.8. The van der Waals surface area contributed by atoms with Crippen LogP contribution in [-0.4, -0.2) is 22.7 Å². The first-order valence-electron chi connectivity index (χ1n) is 8.94. The number of nitrogens with zero attached hydrogens (tertiary/aromatic N) is 1. The number of hydrogen-bond acceptors (Lipinski definition) is 4. The minimum atomic E-state index is -0.966. The molecule has 0 bridgehead atoms. The number of ether oxygens (including phenoxy) is 1. The van der Waals surface area contributed by atoms with Crippen LogP contribution in [0.15, 0.2) is 77.2 Å². The number of hydrogen-bond donors (Lipinski definition) is 1. The molecular formula is C23H21NO4. The van der Waals surface area contributed by atoms with Gasteiger partial charge in [-0.05, 0) is 36.8 Å². The third kappa shape index (κ3) is 5.45. The van der Waals surface area contributed by atoms with E-state index in [1.54, 1.807) is 6.08 Å². The summed E-state index contributed by atoms with van der Waals surface area (Å²) in [6.07, 6.45) is 6.73. The highest BCUT2D eigenvalue weighted by atomic mass is 16.5. The Morgan fingerprint density at radius 1 is 1.11 bits per heavy atom. The maximum Gasteiger partial charge on any atom is 0.328 e. The molecule has 3 aromatic rings. The van der Waals surface area contributed by atoms with Crippen LogP contribution in [0.4, 0.5) is 0 Å². The van der Waals surface area contributed by atoms with E-state index in [-0.39, 0.29) is 0 Å². The maximum atomic E-state index is 10.4. The van der Waals surface area contributed by atoms with Crippen molar-refractivity contribution in [1.82, 2.24) is 4.98 Å². The van der Waals surface area contributed by atoms with Crippen LogP contribution in [-0.2, 0) is 11.2 Å². The van der Waals surface area contributed by atoms with Crippen LogP contribution < -0.4 is 4.74 Å². The van der Waals surface area contributed by atoms with E-state index in [9.17, 15) is 4.79 Å². The third-order valence-corrected chi connectivity index (χ3v) is 4.04. The van der Waals surface area contributed by atoms with Gasteiger partial charge in [-0.15, -0.1) is 0 Å². The molecule has 2 aromatic carbocycles. The van der Waals surface area contributed by atoms with E-state index in [1.165, 1.54) is 6.08 Å². The molecule has 0 radical (unpaired) electrons. The summed E-state index contributed by atoms with van der Waals surface area (Å²) in [5.74, 6) is 1.23. The van der Waals surface area contributed by atoms with Gasteiger partial charge in [-0.2, -0.15) is 0 Å². The van der Waals surface area contributed by atoms with Crippen LogP contribution >= 0.6 is 0 Å². The Hall–Kier alpha value is -3.60. The smallest absolute Gasteiger partial charge is 0.328 e. The summed E-state index contributed by atoms with van der Waals surface area (Å²) in [6, 6.07) is 17.4. The molecule has 0 aliphatic heterocycles. The summed E-state index contributed by atoms with van der Waals surface area (Å²) in [6.45, 7) is 2.41. The lowest BCUT2D eigenvalue weighted by molar-refractivity contribution is -0.131. The third-order valence-electron chi connectivity index (χ3n) is 4.04. The van der Waals surface area contributed by atoms with E-state index in [2.05, 4.69) is 4.98 Å². The van der Waals surface area contributed by atoms with Crippen molar-refractivity contribution in [2.75, 3.05) is 6.61 Å². The van der Waals surface area contributed by atoms with Gasteiger partial charge in [0.1, 0.15) is 11.5 Å². The molecule has 0 atom stereocenters. The van der Waals surface area contributed by atoms with Crippen molar-refractivity contribution in [3.63, 3.8) is 0 Å². The van der Waals surface area contributed by atoms with E-state index in [4.69, 9.17) is 14.3 Å². The normalized spacial score (nSPS) is 11.3. The second kappa shape index (κ2) is 9.37. The van der Waals surface area contributed by atoms with Gasteiger partial charge in [-0.25, -0.2) is 9.78 Å². The van der Waals surface area contributed by atoms with Crippen LogP contribution in [0.25, 0.3) is 17.5 Å². The lowest BCUT2D eigenvalue weighted by atomic mass is 10.2. The van der Waals surface area contributed by atoms with E-state index < -0.39 is 5.97 Å². The van der Waals surface area contributed by atoms with Gasteiger partial charge in [0.15, 0.2) is 0 Å². The number of oxazole rings is 1. The second-order valence-electron chi connectivity index (χ2n) is 6.11. The number of aliphatic carboxylic acids is 1. The fourth-order valence-corrected chi connectivity index (χ4v) is 2.61. The number of benzene rings is 2. The molecule has 1 N–H and O–H groups in total. The Balaban J connectivity index is 1.53. The zero-order valence-corrected chi connectivity index (χ0v) is 15.5. The summed E-state index contributed by atoms with van der Waals surface area (Å²) in [5.41, 5.74) is 2.81. The molecule has 0 fully saturated rings. The van der Waals surface area contributed by atoms with Gasteiger partial charge in [-0.1, -0.05) is 48.6 Å². The first kappa shape index (κ1) is 19.2. The molecule has 0 aliphatic rings. The minimum Gasteiger partial charge on any atom is -0.493 e. The van der Waals surface area contributed by atoms with Crippen LogP contribution in [0.1, 0.15) is 17.0 Å². The van der Waals surface area contributed by atoms with E-state index >= 15 is 0 Å². The average Bonchev–Trinajstić information content (AvgIpc) is 3.08. The first-order valence-corrected chi connectivity index (χ1v) is 8.94. The van der Waals surface area contributed by atoms with Gasteiger partial charge in [0.05, 0.1) is 12.3 Å². The zero-order valence-electron chi connectivity index (χ0n) is 15.5.